The number of amides is 1. The summed E-state index contributed by atoms with van der Waals surface area (Å²) < 4.78 is 12.1. The van der Waals surface area contributed by atoms with Crippen LogP contribution in [0.2, 0.25) is 5.02 Å². The first-order valence-electron chi connectivity index (χ1n) is 12.1. The molecule has 1 saturated heterocycles. The molecule has 1 amide bonds. The standard InChI is InChI=1S/C30H27ClN2O3/c1-2-21-12-15-23(32-20-21)18-19-35-24-16-13-22(14-17-24)28-29(36-25-8-4-3-5-9-25)30(34)33(28)27-11-7-6-10-26(27)31/h3-17,20,28-29H,2,18-19H2,1H3. The first-order valence-corrected chi connectivity index (χ1v) is 12.5. The number of pyridine rings is 1. The molecule has 1 aliphatic heterocycles. The molecule has 3 aromatic carbocycles. The molecule has 1 aromatic heterocycles. The Morgan fingerprint density at radius 2 is 1.64 bits per heavy atom. The lowest BCUT2D eigenvalue weighted by atomic mass is 9.89. The number of para-hydroxylation sites is 2. The molecule has 1 aliphatic rings. The van der Waals surface area contributed by atoms with Crippen LogP contribution < -0.4 is 14.4 Å². The molecular weight excluding hydrogens is 472 g/mol. The third-order valence-electron chi connectivity index (χ3n) is 6.31. The van der Waals surface area contributed by atoms with Crippen LogP contribution in [-0.2, 0) is 17.6 Å². The molecule has 2 atom stereocenters. The van der Waals surface area contributed by atoms with Crippen LogP contribution in [0, 0.1) is 0 Å². The zero-order valence-corrected chi connectivity index (χ0v) is 20.8. The summed E-state index contributed by atoms with van der Waals surface area (Å²) >= 11 is 6.45. The molecule has 4 aromatic rings. The minimum Gasteiger partial charge on any atom is -0.493 e. The van der Waals surface area contributed by atoms with Crippen molar-refractivity contribution >= 4 is 23.2 Å². The van der Waals surface area contributed by atoms with Crippen molar-refractivity contribution in [3.63, 3.8) is 0 Å². The summed E-state index contributed by atoms with van der Waals surface area (Å²) in [6.45, 7) is 2.65. The zero-order valence-electron chi connectivity index (χ0n) is 20.0. The number of benzene rings is 3. The maximum Gasteiger partial charge on any atom is 0.271 e. The van der Waals surface area contributed by atoms with Crippen LogP contribution in [0.4, 0.5) is 5.69 Å². The number of β-lactam (4-membered cyclic amide) rings is 1. The quantitative estimate of drug-likeness (QED) is 0.249. The van der Waals surface area contributed by atoms with Crippen molar-refractivity contribution in [2.75, 3.05) is 11.5 Å². The Hall–Kier alpha value is -3.83. The predicted octanol–water partition coefficient (Wildman–Crippen LogP) is 6.45. The van der Waals surface area contributed by atoms with E-state index < -0.39 is 6.10 Å². The van der Waals surface area contributed by atoms with E-state index in [4.69, 9.17) is 21.1 Å². The number of anilines is 1. The van der Waals surface area contributed by atoms with Gasteiger partial charge in [-0.2, -0.15) is 0 Å². The second-order valence-electron chi connectivity index (χ2n) is 8.63. The second kappa shape index (κ2) is 10.8. The van der Waals surface area contributed by atoms with Crippen molar-refractivity contribution < 1.29 is 14.3 Å². The Balaban J connectivity index is 1.31. The highest BCUT2D eigenvalue weighted by Gasteiger charge is 2.51. The summed E-state index contributed by atoms with van der Waals surface area (Å²) in [5.74, 6) is 1.29. The van der Waals surface area contributed by atoms with Gasteiger partial charge in [0.1, 0.15) is 17.5 Å². The van der Waals surface area contributed by atoms with Crippen molar-refractivity contribution in [1.29, 1.82) is 0 Å². The van der Waals surface area contributed by atoms with Gasteiger partial charge in [-0.15, -0.1) is 0 Å². The number of carbonyl (C=O) groups excluding carboxylic acids is 1. The van der Waals surface area contributed by atoms with Crippen LogP contribution in [0.5, 0.6) is 11.5 Å². The molecular formula is C30H27ClN2O3. The van der Waals surface area contributed by atoms with Crippen LogP contribution in [-0.4, -0.2) is 23.6 Å². The Morgan fingerprint density at radius 1 is 0.889 bits per heavy atom. The predicted molar refractivity (Wildman–Crippen MR) is 142 cm³/mol. The Labute approximate surface area is 216 Å². The van der Waals surface area contributed by atoms with E-state index in [1.807, 2.05) is 79.0 Å². The monoisotopic (exact) mass is 498 g/mol. The molecule has 0 radical (unpaired) electrons. The van der Waals surface area contributed by atoms with Gasteiger partial charge in [0, 0.05) is 18.3 Å². The fourth-order valence-corrected chi connectivity index (χ4v) is 4.54. The minimum atomic E-state index is -0.646. The van der Waals surface area contributed by atoms with E-state index in [0.717, 1.165) is 29.8 Å². The highest BCUT2D eigenvalue weighted by atomic mass is 35.5. The summed E-state index contributed by atoms with van der Waals surface area (Å²) in [6.07, 6.45) is 2.99. The Bertz CT molecular complexity index is 1310. The van der Waals surface area contributed by atoms with Gasteiger partial charge in [0.2, 0.25) is 6.10 Å². The number of hydrogen-bond acceptors (Lipinski definition) is 4. The summed E-state index contributed by atoms with van der Waals surface area (Å²) in [5, 5.41) is 0.523. The summed E-state index contributed by atoms with van der Waals surface area (Å²) in [5.41, 5.74) is 3.85. The number of aromatic nitrogens is 1. The molecule has 6 heteroatoms. The van der Waals surface area contributed by atoms with E-state index in [9.17, 15) is 4.79 Å². The highest BCUT2D eigenvalue weighted by Crippen LogP contribution is 2.43. The van der Waals surface area contributed by atoms with Gasteiger partial charge in [0.25, 0.3) is 5.91 Å². The van der Waals surface area contributed by atoms with Crippen molar-refractivity contribution in [2.24, 2.45) is 0 Å². The molecule has 36 heavy (non-hydrogen) atoms. The number of hydrogen-bond donors (Lipinski definition) is 0. The van der Waals surface area contributed by atoms with E-state index in [-0.39, 0.29) is 11.9 Å². The number of nitrogens with zero attached hydrogens (tertiary/aromatic N) is 2. The van der Waals surface area contributed by atoms with Crippen LogP contribution in [0.25, 0.3) is 0 Å². The molecule has 0 spiro atoms. The van der Waals surface area contributed by atoms with Gasteiger partial charge in [0.05, 0.1) is 17.3 Å². The number of carbonyl (C=O) groups is 1. The molecule has 0 N–H and O–H groups in total. The van der Waals surface area contributed by atoms with Gasteiger partial charge in [0.15, 0.2) is 0 Å². The van der Waals surface area contributed by atoms with Crippen LogP contribution >= 0.6 is 11.6 Å². The molecule has 2 unspecified atom stereocenters. The van der Waals surface area contributed by atoms with Gasteiger partial charge < -0.3 is 9.47 Å². The van der Waals surface area contributed by atoms with Crippen LogP contribution in [0.3, 0.4) is 0 Å². The smallest absolute Gasteiger partial charge is 0.271 e. The van der Waals surface area contributed by atoms with Gasteiger partial charge in [-0.05, 0) is 60.0 Å². The Morgan fingerprint density at radius 3 is 2.33 bits per heavy atom. The van der Waals surface area contributed by atoms with Crippen molar-refractivity contribution in [3.8, 4) is 11.5 Å². The second-order valence-corrected chi connectivity index (χ2v) is 9.04. The highest BCUT2D eigenvalue weighted by molar-refractivity contribution is 6.34. The largest absolute Gasteiger partial charge is 0.493 e. The zero-order chi connectivity index (χ0) is 24.9. The van der Waals surface area contributed by atoms with E-state index in [0.29, 0.717) is 23.1 Å². The Kier molecular flexibility index (Phi) is 7.19. The molecule has 0 aliphatic carbocycles. The van der Waals surface area contributed by atoms with Crippen molar-refractivity contribution in [1.82, 2.24) is 4.98 Å². The maximum atomic E-state index is 13.2. The fraction of sp³-hybridized carbons (Fsp3) is 0.200. The van der Waals surface area contributed by atoms with Crippen molar-refractivity contribution in [3.05, 3.63) is 119 Å². The summed E-state index contributed by atoms with van der Waals surface area (Å²) in [6, 6.07) is 28.4. The van der Waals surface area contributed by atoms with Crippen LogP contribution in [0.15, 0.2) is 97.2 Å². The number of rotatable bonds is 9. The molecule has 5 nitrogen and oxygen atoms in total. The van der Waals surface area contributed by atoms with Gasteiger partial charge in [-0.1, -0.05) is 67.1 Å². The van der Waals surface area contributed by atoms with E-state index in [1.54, 1.807) is 11.0 Å². The summed E-state index contributed by atoms with van der Waals surface area (Å²) in [7, 11) is 0. The number of aryl methyl sites for hydroxylation is 1. The van der Waals surface area contributed by atoms with Crippen molar-refractivity contribution in [2.45, 2.75) is 31.9 Å². The molecule has 2 heterocycles. The fourth-order valence-electron chi connectivity index (χ4n) is 4.31. The summed E-state index contributed by atoms with van der Waals surface area (Å²) in [4.78, 5) is 19.4. The van der Waals surface area contributed by atoms with E-state index >= 15 is 0 Å². The first kappa shape index (κ1) is 23.9. The number of halogens is 1. The van der Waals surface area contributed by atoms with Gasteiger partial charge in [-0.3, -0.25) is 14.7 Å². The lowest BCUT2D eigenvalue weighted by Gasteiger charge is -2.47. The molecule has 182 valence electrons. The van der Waals surface area contributed by atoms with E-state index in [1.165, 1.54) is 5.56 Å². The molecule has 5 rings (SSSR count). The normalized spacial score (nSPS) is 16.9. The van der Waals surface area contributed by atoms with Crippen LogP contribution in [0.1, 0.15) is 29.8 Å². The molecule has 0 bridgehead atoms. The average molecular weight is 499 g/mol. The molecule has 1 fully saturated rings. The molecule has 0 saturated carbocycles. The van der Waals surface area contributed by atoms with Gasteiger partial charge >= 0.3 is 0 Å². The topological polar surface area (TPSA) is 51.7 Å². The van der Waals surface area contributed by atoms with Gasteiger partial charge in [-0.25, -0.2) is 0 Å². The lowest BCUT2D eigenvalue weighted by molar-refractivity contribution is -0.135. The first-order chi connectivity index (χ1) is 17.6. The average Bonchev–Trinajstić information content (AvgIpc) is 2.92. The minimum absolute atomic E-state index is 0.126. The lowest BCUT2D eigenvalue weighted by Crippen LogP contribution is -2.61. The maximum absolute atomic E-state index is 13.2. The van der Waals surface area contributed by atoms with E-state index in [2.05, 4.69) is 24.0 Å². The SMILES string of the molecule is CCc1ccc(CCOc2ccc(C3C(Oc4ccccc4)C(=O)N3c3ccccc3Cl)cc2)nc1. The third kappa shape index (κ3) is 5.07. The third-order valence-corrected chi connectivity index (χ3v) is 6.63. The number of ether oxygens (including phenoxy) is 2.